The van der Waals surface area contributed by atoms with Gasteiger partial charge >= 0.3 is 0 Å². The first-order chi connectivity index (χ1) is 16.2. The minimum Gasteiger partial charge on any atom is -0.390 e. The summed E-state index contributed by atoms with van der Waals surface area (Å²) in [4.78, 5) is 4.93. The molecule has 1 unspecified atom stereocenters. The Bertz CT molecular complexity index is 922. The van der Waals surface area contributed by atoms with Crippen LogP contribution in [0.25, 0.3) is 0 Å². The molecule has 3 aromatic carbocycles. The largest absolute Gasteiger partial charge is 0.390 e. The van der Waals surface area contributed by atoms with Crippen LogP contribution in [0.2, 0.25) is 0 Å². The Labute approximate surface area is 198 Å². The maximum Gasteiger partial charge on any atom is 0.0835 e. The SMILES string of the molecule is C=CCNC[C@H](O)[C@@H]([C@@H]1CN1Cc1ccccc1)N(Cc1ccccc1)Cc1ccccc1. The number of rotatable bonds is 13. The summed E-state index contributed by atoms with van der Waals surface area (Å²) in [6, 6.07) is 32.1. The van der Waals surface area contributed by atoms with Gasteiger partial charge in [-0.1, -0.05) is 97.1 Å². The standard InChI is InChI=1S/C29H35N3O/c1-2-18-30-19-28(33)29(27-23-31(27)20-24-12-6-3-7-13-24)32(21-25-14-8-4-9-15-25)22-26-16-10-5-11-17-26/h2-17,27-30,33H,1,18-23H2/t27-,28-,29+,31?/m0/s1. The Hall–Kier alpha value is -2.76. The van der Waals surface area contributed by atoms with Crippen LogP contribution in [0.3, 0.4) is 0 Å². The molecule has 33 heavy (non-hydrogen) atoms. The van der Waals surface area contributed by atoms with Gasteiger partial charge in [-0.25, -0.2) is 0 Å². The molecule has 4 rings (SSSR count). The molecule has 0 saturated carbocycles. The molecule has 0 aliphatic carbocycles. The summed E-state index contributed by atoms with van der Waals surface area (Å²) in [5.74, 6) is 0. The third kappa shape index (κ3) is 6.86. The van der Waals surface area contributed by atoms with Crippen LogP contribution < -0.4 is 5.32 Å². The zero-order valence-electron chi connectivity index (χ0n) is 19.3. The van der Waals surface area contributed by atoms with E-state index in [0.29, 0.717) is 19.1 Å². The molecule has 1 heterocycles. The van der Waals surface area contributed by atoms with Crippen LogP contribution in [0.4, 0.5) is 0 Å². The van der Waals surface area contributed by atoms with Gasteiger partial charge in [0.1, 0.15) is 0 Å². The number of nitrogens with zero attached hydrogens (tertiary/aromatic N) is 2. The summed E-state index contributed by atoms with van der Waals surface area (Å²) in [6.07, 6.45) is 1.36. The first kappa shape index (κ1) is 23.4. The van der Waals surface area contributed by atoms with Crippen LogP contribution in [-0.4, -0.2) is 52.7 Å². The van der Waals surface area contributed by atoms with E-state index in [0.717, 1.165) is 26.2 Å². The quantitative estimate of drug-likeness (QED) is 0.238. The molecule has 2 N–H and O–H groups in total. The first-order valence-corrected chi connectivity index (χ1v) is 11.8. The lowest BCUT2D eigenvalue weighted by atomic mass is 10.0. The second-order valence-corrected chi connectivity index (χ2v) is 8.86. The zero-order valence-corrected chi connectivity index (χ0v) is 19.3. The fraction of sp³-hybridized carbons (Fsp3) is 0.310. The van der Waals surface area contributed by atoms with E-state index in [4.69, 9.17) is 0 Å². The van der Waals surface area contributed by atoms with Gasteiger partial charge in [0.25, 0.3) is 0 Å². The minimum absolute atomic E-state index is 0.0199. The molecule has 1 aliphatic rings. The number of hydrogen-bond acceptors (Lipinski definition) is 4. The summed E-state index contributed by atoms with van der Waals surface area (Å²) in [5.41, 5.74) is 3.84. The molecular formula is C29H35N3O. The topological polar surface area (TPSA) is 38.5 Å². The Morgan fingerprint density at radius 1 is 0.879 bits per heavy atom. The van der Waals surface area contributed by atoms with E-state index in [9.17, 15) is 5.11 Å². The number of hydrogen-bond donors (Lipinski definition) is 2. The summed E-state index contributed by atoms with van der Waals surface area (Å²) in [5, 5.41) is 14.7. The molecule has 1 aliphatic heterocycles. The van der Waals surface area contributed by atoms with Gasteiger partial charge in [0, 0.05) is 45.3 Å². The lowest BCUT2D eigenvalue weighted by Gasteiger charge is -2.35. The van der Waals surface area contributed by atoms with Gasteiger partial charge in [0.15, 0.2) is 0 Å². The Morgan fingerprint density at radius 2 is 1.39 bits per heavy atom. The summed E-state index contributed by atoms with van der Waals surface area (Å²) < 4.78 is 0. The summed E-state index contributed by atoms with van der Waals surface area (Å²) >= 11 is 0. The highest BCUT2D eigenvalue weighted by Gasteiger charge is 2.46. The average Bonchev–Trinajstić information content (AvgIpc) is 3.59. The van der Waals surface area contributed by atoms with E-state index in [-0.39, 0.29) is 6.04 Å². The van der Waals surface area contributed by atoms with Crippen LogP contribution in [0.1, 0.15) is 16.7 Å². The summed E-state index contributed by atoms with van der Waals surface area (Å²) in [6.45, 7) is 8.55. The Kier molecular flexibility index (Phi) is 8.45. The van der Waals surface area contributed by atoms with Crippen LogP contribution in [0, 0.1) is 0 Å². The van der Waals surface area contributed by atoms with Crippen LogP contribution in [0.5, 0.6) is 0 Å². The molecule has 1 saturated heterocycles. The van der Waals surface area contributed by atoms with Crippen molar-refractivity contribution in [1.29, 1.82) is 0 Å². The van der Waals surface area contributed by atoms with Crippen molar-refractivity contribution in [3.63, 3.8) is 0 Å². The normalized spacial score (nSPS) is 19.2. The van der Waals surface area contributed by atoms with E-state index in [2.05, 4.69) is 113 Å². The van der Waals surface area contributed by atoms with Gasteiger partial charge in [-0.3, -0.25) is 9.80 Å². The third-order valence-electron chi connectivity index (χ3n) is 6.29. The fourth-order valence-corrected chi connectivity index (χ4v) is 4.62. The molecule has 0 amide bonds. The van der Waals surface area contributed by atoms with Gasteiger partial charge in [0.05, 0.1) is 12.1 Å². The fourth-order valence-electron chi connectivity index (χ4n) is 4.62. The number of aliphatic hydroxyl groups excluding tert-OH is 1. The van der Waals surface area contributed by atoms with E-state index < -0.39 is 6.10 Å². The minimum atomic E-state index is -0.483. The predicted octanol–water partition coefficient (Wildman–Crippen LogP) is 4.08. The summed E-state index contributed by atoms with van der Waals surface area (Å²) in [7, 11) is 0. The van der Waals surface area contributed by atoms with Crippen molar-refractivity contribution in [3.8, 4) is 0 Å². The van der Waals surface area contributed by atoms with Crippen molar-refractivity contribution in [2.45, 2.75) is 37.8 Å². The average molecular weight is 442 g/mol. The maximum absolute atomic E-state index is 11.4. The van der Waals surface area contributed by atoms with E-state index >= 15 is 0 Å². The smallest absolute Gasteiger partial charge is 0.0835 e. The molecule has 4 atom stereocenters. The molecule has 3 aromatic rings. The Balaban J connectivity index is 1.56. The third-order valence-corrected chi connectivity index (χ3v) is 6.29. The molecule has 0 bridgehead atoms. The van der Waals surface area contributed by atoms with Crippen LogP contribution >= 0.6 is 0 Å². The second-order valence-electron chi connectivity index (χ2n) is 8.86. The van der Waals surface area contributed by atoms with Crippen LogP contribution in [0.15, 0.2) is 104 Å². The number of benzene rings is 3. The lowest BCUT2D eigenvalue weighted by molar-refractivity contribution is 0.0320. The molecule has 1 fully saturated rings. The zero-order chi connectivity index (χ0) is 22.9. The highest BCUT2D eigenvalue weighted by molar-refractivity contribution is 5.20. The molecule has 0 aromatic heterocycles. The van der Waals surface area contributed by atoms with Gasteiger partial charge in [0.2, 0.25) is 0 Å². The highest BCUT2D eigenvalue weighted by atomic mass is 16.3. The van der Waals surface area contributed by atoms with Crippen molar-refractivity contribution in [1.82, 2.24) is 15.1 Å². The van der Waals surface area contributed by atoms with E-state index in [1.807, 2.05) is 6.08 Å². The second kappa shape index (κ2) is 11.9. The van der Waals surface area contributed by atoms with Crippen molar-refractivity contribution < 1.29 is 5.11 Å². The van der Waals surface area contributed by atoms with Crippen molar-refractivity contribution >= 4 is 0 Å². The molecule has 0 radical (unpaired) electrons. The highest BCUT2D eigenvalue weighted by Crippen LogP contribution is 2.31. The monoisotopic (exact) mass is 441 g/mol. The van der Waals surface area contributed by atoms with Crippen molar-refractivity contribution in [2.24, 2.45) is 0 Å². The van der Waals surface area contributed by atoms with E-state index in [1.165, 1.54) is 16.7 Å². The van der Waals surface area contributed by atoms with Crippen LogP contribution in [-0.2, 0) is 19.6 Å². The molecule has 4 nitrogen and oxygen atoms in total. The van der Waals surface area contributed by atoms with Gasteiger partial charge < -0.3 is 10.4 Å². The van der Waals surface area contributed by atoms with Crippen molar-refractivity contribution in [3.05, 3.63) is 120 Å². The molecular weight excluding hydrogens is 406 g/mol. The first-order valence-electron chi connectivity index (χ1n) is 11.8. The number of aliphatic hydroxyl groups is 1. The van der Waals surface area contributed by atoms with Gasteiger partial charge in [-0.2, -0.15) is 0 Å². The molecule has 0 spiro atoms. The Morgan fingerprint density at radius 3 is 1.91 bits per heavy atom. The van der Waals surface area contributed by atoms with Crippen molar-refractivity contribution in [2.75, 3.05) is 19.6 Å². The van der Waals surface area contributed by atoms with Gasteiger partial charge in [-0.05, 0) is 16.7 Å². The van der Waals surface area contributed by atoms with E-state index in [1.54, 1.807) is 0 Å². The molecule has 172 valence electrons. The predicted molar refractivity (Wildman–Crippen MR) is 136 cm³/mol. The lowest BCUT2D eigenvalue weighted by Crippen LogP contribution is -2.51. The van der Waals surface area contributed by atoms with Gasteiger partial charge in [-0.15, -0.1) is 6.58 Å². The maximum atomic E-state index is 11.4. The molecule has 4 heteroatoms. The number of nitrogens with one attached hydrogen (secondary N) is 1.